The van der Waals surface area contributed by atoms with Crippen molar-refractivity contribution >= 4 is 14.9 Å². The summed E-state index contributed by atoms with van der Waals surface area (Å²) in [6.45, 7) is 3.71. The van der Waals surface area contributed by atoms with Gasteiger partial charge in [-0.3, -0.25) is 0 Å². The van der Waals surface area contributed by atoms with Gasteiger partial charge in [-0.2, -0.15) is 0 Å². The molecule has 1 rings (SSSR count). The van der Waals surface area contributed by atoms with E-state index in [0.717, 1.165) is 38.6 Å². The fraction of sp³-hybridized carbons (Fsp3) is 0.529. The molecule has 130 valence electrons. The average Bonchev–Trinajstić information content (AvgIpc) is 2.61. The maximum absolute atomic E-state index is 5.39. The summed E-state index contributed by atoms with van der Waals surface area (Å²) in [5.74, 6) is 0. The molecular weight excluding hydrogens is 308 g/mol. The molecule has 23 heavy (non-hydrogen) atoms. The monoisotopic (exact) mass is 338 g/mol. The van der Waals surface area contributed by atoms with Crippen molar-refractivity contribution in [1.29, 1.82) is 0 Å². The third-order valence-electron chi connectivity index (χ3n) is 3.62. The van der Waals surface area contributed by atoms with E-state index in [1.807, 2.05) is 18.2 Å². The van der Waals surface area contributed by atoms with Crippen LogP contribution in [-0.4, -0.2) is 56.3 Å². The van der Waals surface area contributed by atoms with Crippen LogP contribution in [0.15, 0.2) is 36.4 Å². The normalized spacial score (nSPS) is 12.1. The largest absolute Gasteiger partial charge is 0.500 e. The van der Waals surface area contributed by atoms with Crippen LogP contribution in [0.2, 0.25) is 6.04 Å². The number of hydrogen-bond donors (Lipinski definition) is 2. The molecule has 0 aliphatic rings. The summed E-state index contributed by atoms with van der Waals surface area (Å²) in [5, 5.41) is 6.79. The predicted molar refractivity (Wildman–Crippen MR) is 97.4 cm³/mol. The van der Waals surface area contributed by atoms with Crippen molar-refractivity contribution in [3.8, 4) is 0 Å². The molecule has 0 fully saturated rings. The smallest absolute Gasteiger partial charge is 0.377 e. The Labute approximate surface area is 141 Å². The minimum atomic E-state index is -2.40. The van der Waals surface area contributed by atoms with Gasteiger partial charge < -0.3 is 23.9 Å². The molecule has 0 atom stereocenters. The van der Waals surface area contributed by atoms with Crippen LogP contribution in [0.25, 0.3) is 6.08 Å². The second kappa shape index (κ2) is 12.4. The first kappa shape index (κ1) is 20.0. The van der Waals surface area contributed by atoms with Gasteiger partial charge in [0.2, 0.25) is 0 Å². The molecule has 0 spiro atoms. The first-order valence-electron chi connectivity index (χ1n) is 8.05. The van der Waals surface area contributed by atoms with E-state index in [1.165, 1.54) is 5.56 Å². The van der Waals surface area contributed by atoms with Crippen LogP contribution < -0.4 is 10.6 Å². The minimum Gasteiger partial charge on any atom is -0.377 e. The number of hydrogen-bond acceptors (Lipinski definition) is 5. The quantitative estimate of drug-likeness (QED) is 0.426. The Bertz CT molecular complexity index is 417. The first-order chi connectivity index (χ1) is 11.3. The minimum absolute atomic E-state index is 0.830. The van der Waals surface area contributed by atoms with Gasteiger partial charge in [-0.25, -0.2) is 0 Å². The van der Waals surface area contributed by atoms with E-state index in [4.69, 9.17) is 13.3 Å². The zero-order chi connectivity index (χ0) is 16.8. The van der Waals surface area contributed by atoms with E-state index < -0.39 is 8.80 Å². The van der Waals surface area contributed by atoms with Crippen LogP contribution >= 0.6 is 0 Å². The molecular formula is C17H30N2O3Si. The number of benzene rings is 1. The van der Waals surface area contributed by atoms with E-state index in [1.54, 1.807) is 21.3 Å². The second-order valence-corrected chi connectivity index (χ2v) is 8.26. The molecule has 2 N–H and O–H groups in total. The summed E-state index contributed by atoms with van der Waals surface area (Å²) >= 11 is 0. The van der Waals surface area contributed by atoms with E-state index in [2.05, 4.69) is 34.9 Å². The van der Waals surface area contributed by atoms with Gasteiger partial charge in [0, 0.05) is 47.0 Å². The molecule has 1 aromatic rings. The van der Waals surface area contributed by atoms with Gasteiger partial charge in [-0.05, 0) is 18.5 Å². The summed E-state index contributed by atoms with van der Waals surface area (Å²) in [7, 11) is 2.56. The van der Waals surface area contributed by atoms with Gasteiger partial charge in [0.05, 0.1) is 0 Å². The van der Waals surface area contributed by atoms with E-state index in [9.17, 15) is 0 Å². The highest BCUT2D eigenvalue weighted by Crippen LogP contribution is 2.14. The van der Waals surface area contributed by atoms with Gasteiger partial charge in [0.25, 0.3) is 0 Å². The van der Waals surface area contributed by atoms with E-state index >= 15 is 0 Å². The summed E-state index contributed by atoms with van der Waals surface area (Å²) in [6, 6.07) is 11.1. The van der Waals surface area contributed by atoms with Gasteiger partial charge in [-0.15, -0.1) is 0 Å². The van der Waals surface area contributed by atoms with Crippen molar-refractivity contribution in [1.82, 2.24) is 10.6 Å². The lowest BCUT2D eigenvalue weighted by Crippen LogP contribution is -2.43. The number of nitrogens with one attached hydrogen (secondary N) is 2. The maximum Gasteiger partial charge on any atom is 0.500 e. The SMILES string of the molecule is CO[Si](CCCNCCNCC=Cc1ccccc1)(OC)OC. The Balaban J connectivity index is 1.98. The maximum atomic E-state index is 5.39. The summed E-state index contributed by atoms with van der Waals surface area (Å²) in [5.41, 5.74) is 1.23. The topological polar surface area (TPSA) is 51.8 Å². The molecule has 0 saturated heterocycles. The molecule has 0 unspecified atom stereocenters. The Morgan fingerprint density at radius 1 is 0.913 bits per heavy atom. The van der Waals surface area contributed by atoms with E-state index in [0.29, 0.717) is 0 Å². The Hall–Kier alpha value is -1.02. The molecule has 0 aliphatic heterocycles. The zero-order valence-electron chi connectivity index (χ0n) is 14.5. The van der Waals surface area contributed by atoms with Crippen molar-refractivity contribution < 1.29 is 13.3 Å². The standard InChI is InChI=1S/C17H30N2O3Si/c1-20-23(21-2,22-3)16-8-13-19-15-14-18-12-7-11-17-9-5-4-6-10-17/h4-7,9-11,18-19H,8,12-16H2,1-3H3. The van der Waals surface area contributed by atoms with Crippen LogP contribution in [0.5, 0.6) is 0 Å². The highest BCUT2D eigenvalue weighted by atomic mass is 28.4. The van der Waals surface area contributed by atoms with Gasteiger partial charge >= 0.3 is 8.80 Å². The molecule has 0 heterocycles. The molecule has 5 nitrogen and oxygen atoms in total. The Morgan fingerprint density at radius 3 is 2.22 bits per heavy atom. The molecule has 0 bridgehead atoms. The van der Waals surface area contributed by atoms with Crippen LogP contribution in [0.1, 0.15) is 12.0 Å². The molecule has 0 radical (unpaired) electrons. The molecule has 0 aromatic heterocycles. The second-order valence-electron chi connectivity index (χ2n) is 5.17. The molecule has 1 aromatic carbocycles. The third kappa shape index (κ3) is 8.41. The summed E-state index contributed by atoms with van der Waals surface area (Å²) in [4.78, 5) is 0. The van der Waals surface area contributed by atoms with Crippen LogP contribution in [0.4, 0.5) is 0 Å². The molecule has 6 heteroatoms. The van der Waals surface area contributed by atoms with Crippen LogP contribution in [0, 0.1) is 0 Å². The molecule has 0 saturated carbocycles. The van der Waals surface area contributed by atoms with Gasteiger partial charge in [0.15, 0.2) is 0 Å². The fourth-order valence-corrected chi connectivity index (χ4v) is 3.95. The predicted octanol–water partition coefficient (Wildman–Crippen LogP) is 2.15. The highest BCUT2D eigenvalue weighted by Gasteiger charge is 2.36. The highest BCUT2D eigenvalue weighted by molar-refractivity contribution is 6.60. The fourth-order valence-electron chi connectivity index (χ4n) is 2.23. The van der Waals surface area contributed by atoms with E-state index in [-0.39, 0.29) is 0 Å². The molecule has 0 aliphatic carbocycles. The van der Waals surface area contributed by atoms with Crippen molar-refractivity contribution in [2.75, 3.05) is 47.5 Å². The van der Waals surface area contributed by atoms with Crippen molar-refractivity contribution in [3.05, 3.63) is 42.0 Å². The average molecular weight is 339 g/mol. The Morgan fingerprint density at radius 2 is 1.57 bits per heavy atom. The first-order valence-corrected chi connectivity index (χ1v) is 9.98. The lowest BCUT2D eigenvalue weighted by molar-refractivity contribution is 0.123. The Kier molecular flexibility index (Phi) is 10.8. The summed E-state index contributed by atoms with van der Waals surface area (Å²) < 4.78 is 16.2. The van der Waals surface area contributed by atoms with Gasteiger partial charge in [0.1, 0.15) is 0 Å². The van der Waals surface area contributed by atoms with Crippen molar-refractivity contribution in [2.45, 2.75) is 12.5 Å². The third-order valence-corrected chi connectivity index (χ3v) is 6.45. The van der Waals surface area contributed by atoms with Crippen molar-refractivity contribution in [3.63, 3.8) is 0 Å². The zero-order valence-corrected chi connectivity index (χ0v) is 15.5. The van der Waals surface area contributed by atoms with Crippen LogP contribution in [0.3, 0.4) is 0 Å². The van der Waals surface area contributed by atoms with Gasteiger partial charge in [-0.1, -0.05) is 42.5 Å². The van der Waals surface area contributed by atoms with Crippen LogP contribution in [-0.2, 0) is 13.3 Å². The lowest BCUT2D eigenvalue weighted by Gasteiger charge is -2.24. The van der Waals surface area contributed by atoms with Crippen molar-refractivity contribution in [2.24, 2.45) is 0 Å². The summed E-state index contributed by atoms with van der Waals surface area (Å²) in [6.07, 6.45) is 5.26. The molecule has 0 amide bonds. The number of rotatable bonds is 13. The lowest BCUT2D eigenvalue weighted by atomic mass is 10.2.